The van der Waals surface area contributed by atoms with Crippen molar-refractivity contribution in [2.24, 2.45) is 11.8 Å². The van der Waals surface area contributed by atoms with Crippen molar-refractivity contribution in [1.82, 2.24) is 0 Å². The molecule has 0 unspecified atom stereocenters. The summed E-state index contributed by atoms with van der Waals surface area (Å²) in [7, 11) is 0. The molecule has 9 nitrogen and oxygen atoms in total. The van der Waals surface area contributed by atoms with E-state index in [0.29, 0.717) is 19.8 Å². The van der Waals surface area contributed by atoms with Crippen LogP contribution in [0.1, 0.15) is 75.1 Å². The van der Waals surface area contributed by atoms with Gasteiger partial charge in [0.05, 0.1) is 36.5 Å². The number of benzene rings is 2. The second-order valence-corrected chi connectivity index (χ2v) is 9.63. The Morgan fingerprint density at radius 3 is 2.53 bits per heavy atom. The first-order chi connectivity index (χ1) is 18.3. The predicted octanol–water partition coefficient (Wildman–Crippen LogP) is 6.62. The quantitative estimate of drug-likeness (QED) is 0.0587. The Hall–Kier alpha value is -3.43. The van der Waals surface area contributed by atoms with Crippen LogP contribution in [0.25, 0.3) is 0 Å². The zero-order valence-electron chi connectivity index (χ0n) is 22.4. The van der Waals surface area contributed by atoms with Crippen LogP contribution in [0.4, 0.5) is 11.4 Å². The predicted molar refractivity (Wildman–Crippen MR) is 145 cm³/mol. The van der Waals surface area contributed by atoms with Crippen LogP contribution in [-0.2, 0) is 9.47 Å². The molecule has 1 aliphatic heterocycles. The number of rotatable bonds is 13. The maximum Gasteiger partial charge on any atom is 0.350 e. The van der Waals surface area contributed by atoms with Gasteiger partial charge in [-0.1, -0.05) is 64.3 Å². The van der Waals surface area contributed by atoms with E-state index < -0.39 is 22.9 Å². The standard InChI is InChI=1S/C29H38N2O7/c1-4-6-7-8-9-10-21-18-36-29(37-19-21)22-11-13-23(14-12-22)38-28(32)24-15-25(30)27(16-26(24)31(33)34)35-17-20(3)5-2/h9-16,20-21,29H,4-8,17-19,30H2,1-3H3/t20-,21?,29?/m0/s1. The van der Waals surface area contributed by atoms with E-state index in [2.05, 4.69) is 19.1 Å². The van der Waals surface area contributed by atoms with Crippen molar-refractivity contribution < 1.29 is 28.7 Å². The molecule has 2 N–H and O–H groups in total. The Labute approximate surface area is 224 Å². The maximum atomic E-state index is 12.8. The summed E-state index contributed by atoms with van der Waals surface area (Å²) < 4.78 is 22.8. The first kappa shape index (κ1) is 29.1. The van der Waals surface area contributed by atoms with Crippen LogP contribution in [0.5, 0.6) is 11.5 Å². The molecule has 2 aromatic carbocycles. The van der Waals surface area contributed by atoms with E-state index in [4.69, 9.17) is 24.7 Å². The third-order valence-corrected chi connectivity index (χ3v) is 6.43. The Morgan fingerprint density at radius 1 is 1.18 bits per heavy atom. The number of nitrogens with zero attached hydrogens (tertiary/aromatic N) is 1. The summed E-state index contributed by atoms with van der Waals surface area (Å²) in [5.74, 6) is -0.0115. The van der Waals surface area contributed by atoms with Crippen LogP contribution in [0.15, 0.2) is 48.6 Å². The van der Waals surface area contributed by atoms with Gasteiger partial charge in [-0.25, -0.2) is 4.79 Å². The number of carbonyl (C=O) groups excluding carboxylic acids is 1. The van der Waals surface area contributed by atoms with Crippen LogP contribution >= 0.6 is 0 Å². The Balaban J connectivity index is 1.59. The number of nitrogens with two attached hydrogens (primary N) is 1. The van der Waals surface area contributed by atoms with Gasteiger partial charge < -0.3 is 24.7 Å². The van der Waals surface area contributed by atoms with Crippen molar-refractivity contribution >= 4 is 17.3 Å². The molecule has 0 spiro atoms. The third-order valence-electron chi connectivity index (χ3n) is 6.43. The van der Waals surface area contributed by atoms with Crippen LogP contribution < -0.4 is 15.2 Å². The van der Waals surface area contributed by atoms with Crippen molar-refractivity contribution in [2.45, 2.75) is 59.2 Å². The lowest BCUT2D eigenvalue weighted by Crippen LogP contribution is -2.25. The molecule has 1 aliphatic rings. The number of unbranched alkanes of at least 4 members (excludes halogenated alkanes) is 3. The Bertz CT molecular complexity index is 1090. The number of esters is 1. The number of nitro groups is 1. The minimum absolute atomic E-state index is 0.127. The number of hydrogen-bond acceptors (Lipinski definition) is 8. The highest BCUT2D eigenvalue weighted by molar-refractivity contribution is 5.97. The molecule has 1 fully saturated rings. The SMILES string of the molecule is CCCCCC=CC1COC(c2ccc(OC(=O)c3cc(N)c(OC[C@@H](C)CC)cc3[N+](=O)[O-])cc2)OC1. The number of nitro benzene ring substituents is 1. The summed E-state index contributed by atoms with van der Waals surface area (Å²) in [5.41, 5.74) is 6.25. The van der Waals surface area contributed by atoms with Gasteiger partial charge in [-0.3, -0.25) is 10.1 Å². The number of anilines is 1. The molecule has 0 saturated carbocycles. The van der Waals surface area contributed by atoms with E-state index in [9.17, 15) is 14.9 Å². The van der Waals surface area contributed by atoms with E-state index in [1.165, 1.54) is 31.4 Å². The summed E-state index contributed by atoms with van der Waals surface area (Å²) >= 11 is 0. The molecule has 0 aliphatic carbocycles. The fourth-order valence-corrected chi connectivity index (χ4v) is 3.85. The fourth-order valence-electron chi connectivity index (χ4n) is 3.85. The molecular formula is C29H38N2O7. The summed E-state index contributed by atoms with van der Waals surface area (Å²) in [6.07, 6.45) is 9.44. The van der Waals surface area contributed by atoms with Gasteiger partial charge in [0, 0.05) is 11.5 Å². The molecule has 0 radical (unpaired) electrons. The number of carbonyl (C=O) groups is 1. The van der Waals surface area contributed by atoms with E-state index in [1.54, 1.807) is 24.3 Å². The van der Waals surface area contributed by atoms with E-state index in [0.717, 1.165) is 18.4 Å². The minimum Gasteiger partial charge on any atom is -0.491 e. The molecule has 1 heterocycles. The number of allylic oxidation sites excluding steroid dienone is 1. The van der Waals surface area contributed by atoms with Gasteiger partial charge in [-0.2, -0.15) is 0 Å². The van der Waals surface area contributed by atoms with Gasteiger partial charge in [0.25, 0.3) is 5.69 Å². The molecule has 0 amide bonds. The summed E-state index contributed by atoms with van der Waals surface area (Å²) in [6.45, 7) is 7.69. The lowest BCUT2D eigenvalue weighted by Gasteiger charge is -2.28. The fraction of sp³-hybridized carbons (Fsp3) is 0.483. The zero-order valence-corrected chi connectivity index (χ0v) is 22.4. The van der Waals surface area contributed by atoms with E-state index in [-0.39, 0.29) is 34.6 Å². The van der Waals surface area contributed by atoms with Gasteiger partial charge >= 0.3 is 5.97 Å². The van der Waals surface area contributed by atoms with Crippen molar-refractivity contribution in [2.75, 3.05) is 25.6 Å². The van der Waals surface area contributed by atoms with E-state index in [1.807, 2.05) is 13.8 Å². The average molecular weight is 527 g/mol. The molecule has 9 heteroatoms. The second-order valence-electron chi connectivity index (χ2n) is 9.63. The topological polar surface area (TPSA) is 123 Å². The summed E-state index contributed by atoms with van der Waals surface area (Å²) in [6, 6.07) is 9.06. The number of ether oxygens (including phenoxy) is 4. The van der Waals surface area contributed by atoms with Crippen LogP contribution in [0.3, 0.4) is 0 Å². The average Bonchev–Trinajstić information content (AvgIpc) is 2.92. The molecule has 2 aromatic rings. The Kier molecular flexibility index (Phi) is 11.1. The molecule has 206 valence electrons. The van der Waals surface area contributed by atoms with Crippen molar-refractivity contribution in [3.8, 4) is 11.5 Å². The van der Waals surface area contributed by atoms with Gasteiger partial charge in [-0.05, 0) is 37.0 Å². The molecule has 1 atom stereocenters. The number of hydrogen-bond donors (Lipinski definition) is 1. The molecule has 0 aromatic heterocycles. The first-order valence-electron chi connectivity index (χ1n) is 13.2. The monoisotopic (exact) mass is 526 g/mol. The molecule has 3 rings (SSSR count). The van der Waals surface area contributed by atoms with Gasteiger partial charge in [0.1, 0.15) is 17.1 Å². The van der Waals surface area contributed by atoms with Crippen molar-refractivity contribution in [1.29, 1.82) is 0 Å². The number of nitrogen functional groups attached to an aromatic ring is 1. The van der Waals surface area contributed by atoms with Crippen LogP contribution in [0.2, 0.25) is 0 Å². The normalized spacial score (nSPS) is 18.3. The lowest BCUT2D eigenvalue weighted by molar-refractivity contribution is -0.385. The summed E-state index contributed by atoms with van der Waals surface area (Å²) in [5, 5.41) is 11.6. The van der Waals surface area contributed by atoms with Gasteiger partial charge in [-0.15, -0.1) is 0 Å². The lowest BCUT2D eigenvalue weighted by atomic mass is 10.1. The van der Waals surface area contributed by atoms with Gasteiger partial charge in [0.2, 0.25) is 0 Å². The largest absolute Gasteiger partial charge is 0.491 e. The highest BCUT2D eigenvalue weighted by Gasteiger charge is 2.26. The maximum absolute atomic E-state index is 12.8. The minimum atomic E-state index is -0.886. The van der Waals surface area contributed by atoms with Crippen molar-refractivity contribution in [3.05, 3.63) is 69.8 Å². The summed E-state index contributed by atoms with van der Waals surface area (Å²) in [4.78, 5) is 23.8. The molecule has 38 heavy (non-hydrogen) atoms. The molecule has 1 saturated heterocycles. The first-order valence-corrected chi connectivity index (χ1v) is 13.2. The van der Waals surface area contributed by atoms with Crippen molar-refractivity contribution in [3.63, 3.8) is 0 Å². The van der Waals surface area contributed by atoms with E-state index >= 15 is 0 Å². The third kappa shape index (κ3) is 8.29. The zero-order chi connectivity index (χ0) is 27.5. The highest BCUT2D eigenvalue weighted by atomic mass is 16.7. The Morgan fingerprint density at radius 2 is 1.89 bits per heavy atom. The van der Waals surface area contributed by atoms with Gasteiger partial charge in [0.15, 0.2) is 6.29 Å². The van der Waals surface area contributed by atoms with Crippen LogP contribution in [0, 0.1) is 22.0 Å². The highest BCUT2D eigenvalue weighted by Crippen LogP contribution is 2.33. The second kappa shape index (κ2) is 14.5. The molecule has 0 bridgehead atoms. The smallest absolute Gasteiger partial charge is 0.350 e. The van der Waals surface area contributed by atoms with Crippen LogP contribution in [-0.4, -0.2) is 30.7 Å². The molecular weight excluding hydrogens is 488 g/mol.